The van der Waals surface area contributed by atoms with Gasteiger partial charge in [0.05, 0.1) is 0 Å². The van der Waals surface area contributed by atoms with Crippen molar-refractivity contribution in [3.63, 3.8) is 0 Å². The van der Waals surface area contributed by atoms with Crippen LogP contribution in [0, 0.1) is 0 Å². The number of hydrogen-bond donors (Lipinski definition) is 1. The summed E-state index contributed by atoms with van der Waals surface area (Å²) < 4.78 is 0. The maximum atomic E-state index is 6.28. The van der Waals surface area contributed by atoms with Crippen molar-refractivity contribution in [2.45, 2.75) is 24.9 Å². The highest BCUT2D eigenvalue weighted by Gasteiger charge is 2.21. The normalized spacial score (nSPS) is 20.2. The lowest BCUT2D eigenvalue weighted by Crippen LogP contribution is -2.44. The molecule has 1 heterocycles. The van der Waals surface area contributed by atoms with Gasteiger partial charge in [-0.25, -0.2) is 0 Å². The summed E-state index contributed by atoms with van der Waals surface area (Å²) in [5.74, 6) is 0. The fourth-order valence-electron chi connectivity index (χ4n) is 2.70. The van der Waals surface area contributed by atoms with Gasteiger partial charge in [-0.2, -0.15) is 0 Å². The first-order valence-corrected chi connectivity index (χ1v) is 6.86. The van der Waals surface area contributed by atoms with Crippen LogP contribution in [0.3, 0.4) is 0 Å². The van der Waals surface area contributed by atoms with E-state index in [2.05, 4.69) is 48.2 Å². The van der Waals surface area contributed by atoms with Crippen LogP contribution in [0.2, 0.25) is 0 Å². The summed E-state index contributed by atoms with van der Waals surface area (Å²) in [7, 11) is 4.41. The average molecular weight is 247 g/mol. The second-order valence-electron chi connectivity index (χ2n) is 5.49. The lowest BCUT2D eigenvalue weighted by atomic mass is 10.0. The number of nitrogens with zero attached hydrogens (tertiary/aromatic N) is 2. The zero-order valence-electron chi connectivity index (χ0n) is 11.5. The van der Waals surface area contributed by atoms with Gasteiger partial charge in [0.15, 0.2) is 0 Å². The highest BCUT2D eigenvalue weighted by atomic mass is 15.2. The zero-order valence-corrected chi connectivity index (χ0v) is 11.5. The van der Waals surface area contributed by atoms with E-state index in [-0.39, 0.29) is 6.04 Å². The van der Waals surface area contributed by atoms with Gasteiger partial charge in [-0.3, -0.25) is 0 Å². The summed E-state index contributed by atoms with van der Waals surface area (Å²) in [4.78, 5) is 4.84. The molecule has 0 unspecified atom stereocenters. The fraction of sp³-hybridized carbons (Fsp3) is 0.600. The largest absolute Gasteiger partial charge is 0.323 e. The SMILES string of the molecule is CN1CCC(N(C)C[C@H](N)c2ccccc2)CC1. The number of nitrogens with two attached hydrogens (primary N) is 1. The number of likely N-dealkylation sites (N-methyl/N-ethyl adjacent to an activating group) is 1. The molecule has 0 radical (unpaired) electrons. The molecule has 2 N–H and O–H groups in total. The Labute approximate surface area is 111 Å². The van der Waals surface area contributed by atoms with Crippen molar-refractivity contribution in [1.82, 2.24) is 9.80 Å². The van der Waals surface area contributed by atoms with E-state index in [1.54, 1.807) is 0 Å². The Balaban J connectivity index is 1.85. The van der Waals surface area contributed by atoms with Gasteiger partial charge in [-0.05, 0) is 45.6 Å². The molecule has 3 nitrogen and oxygen atoms in total. The fourth-order valence-corrected chi connectivity index (χ4v) is 2.70. The first-order chi connectivity index (χ1) is 8.66. The van der Waals surface area contributed by atoms with Gasteiger partial charge in [0.1, 0.15) is 0 Å². The molecule has 2 rings (SSSR count). The molecule has 1 aromatic carbocycles. The molecule has 1 fully saturated rings. The molecule has 18 heavy (non-hydrogen) atoms. The molecule has 0 spiro atoms. The van der Waals surface area contributed by atoms with Crippen LogP contribution in [-0.2, 0) is 0 Å². The quantitative estimate of drug-likeness (QED) is 0.879. The van der Waals surface area contributed by atoms with Gasteiger partial charge in [-0.15, -0.1) is 0 Å². The molecular formula is C15H25N3. The first-order valence-electron chi connectivity index (χ1n) is 6.86. The molecule has 0 amide bonds. The Hall–Kier alpha value is -0.900. The van der Waals surface area contributed by atoms with Crippen LogP contribution in [0.15, 0.2) is 30.3 Å². The lowest BCUT2D eigenvalue weighted by molar-refractivity contribution is 0.139. The molecule has 1 aliphatic rings. The van der Waals surface area contributed by atoms with Crippen molar-refractivity contribution in [1.29, 1.82) is 0 Å². The minimum Gasteiger partial charge on any atom is -0.323 e. The highest BCUT2D eigenvalue weighted by molar-refractivity contribution is 5.18. The van der Waals surface area contributed by atoms with Crippen molar-refractivity contribution in [2.24, 2.45) is 5.73 Å². The Kier molecular flexibility index (Phi) is 4.75. The highest BCUT2D eigenvalue weighted by Crippen LogP contribution is 2.17. The summed E-state index contributed by atoms with van der Waals surface area (Å²) in [5.41, 5.74) is 7.51. The number of hydrogen-bond acceptors (Lipinski definition) is 3. The Morgan fingerprint density at radius 3 is 2.50 bits per heavy atom. The maximum absolute atomic E-state index is 6.28. The summed E-state index contributed by atoms with van der Waals surface area (Å²) >= 11 is 0. The van der Waals surface area contributed by atoms with Gasteiger partial charge in [0, 0.05) is 18.6 Å². The summed E-state index contributed by atoms with van der Waals surface area (Å²) in [5, 5.41) is 0. The summed E-state index contributed by atoms with van der Waals surface area (Å²) in [6.45, 7) is 3.35. The molecule has 1 aliphatic heterocycles. The van der Waals surface area contributed by atoms with Crippen molar-refractivity contribution >= 4 is 0 Å². The van der Waals surface area contributed by atoms with Crippen LogP contribution in [0.25, 0.3) is 0 Å². The molecule has 1 saturated heterocycles. The average Bonchev–Trinajstić information content (AvgIpc) is 2.40. The number of rotatable bonds is 4. The zero-order chi connectivity index (χ0) is 13.0. The van der Waals surface area contributed by atoms with Crippen molar-refractivity contribution in [2.75, 3.05) is 33.7 Å². The van der Waals surface area contributed by atoms with Crippen LogP contribution in [0.4, 0.5) is 0 Å². The Morgan fingerprint density at radius 2 is 1.89 bits per heavy atom. The number of piperidine rings is 1. The molecule has 0 bridgehead atoms. The number of benzene rings is 1. The molecule has 1 aromatic rings. The molecule has 1 atom stereocenters. The van der Waals surface area contributed by atoms with Gasteiger partial charge >= 0.3 is 0 Å². The van der Waals surface area contributed by atoms with Crippen LogP contribution in [-0.4, -0.2) is 49.6 Å². The van der Waals surface area contributed by atoms with Gasteiger partial charge < -0.3 is 15.5 Å². The van der Waals surface area contributed by atoms with Gasteiger partial charge in [0.25, 0.3) is 0 Å². The maximum Gasteiger partial charge on any atom is 0.0424 e. The first kappa shape index (κ1) is 13.5. The van der Waals surface area contributed by atoms with Crippen LogP contribution in [0.5, 0.6) is 0 Å². The minimum absolute atomic E-state index is 0.121. The van der Waals surface area contributed by atoms with Crippen molar-refractivity contribution in [3.05, 3.63) is 35.9 Å². The van der Waals surface area contributed by atoms with Crippen molar-refractivity contribution in [3.8, 4) is 0 Å². The molecule has 0 aliphatic carbocycles. The Morgan fingerprint density at radius 1 is 1.28 bits per heavy atom. The molecule has 0 saturated carbocycles. The van der Waals surface area contributed by atoms with E-state index in [4.69, 9.17) is 5.73 Å². The van der Waals surface area contributed by atoms with Crippen molar-refractivity contribution < 1.29 is 0 Å². The van der Waals surface area contributed by atoms with Gasteiger partial charge in [0.2, 0.25) is 0 Å². The third-order valence-corrected chi connectivity index (χ3v) is 4.02. The minimum atomic E-state index is 0.121. The smallest absolute Gasteiger partial charge is 0.0424 e. The molecule has 0 aromatic heterocycles. The van der Waals surface area contributed by atoms with E-state index in [9.17, 15) is 0 Å². The van der Waals surface area contributed by atoms with E-state index >= 15 is 0 Å². The molecular weight excluding hydrogens is 222 g/mol. The second-order valence-corrected chi connectivity index (χ2v) is 5.49. The van der Waals surface area contributed by atoms with Crippen LogP contribution >= 0.6 is 0 Å². The van der Waals surface area contributed by atoms with E-state index in [1.807, 2.05) is 6.07 Å². The third-order valence-electron chi connectivity index (χ3n) is 4.02. The van der Waals surface area contributed by atoms with E-state index in [0.29, 0.717) is 6.04 Å². The summed E-state index contributed by atoms with van der Waals surface area (Å²) in [6, 6.07) is 11.2. The standard InChI is InChI=1S/C15H25N3/c1-17-10-8-14(9-11-17)18(2)12-15(16)13-6-4-3-5-7-13/h3-7,14-15H,8-12,16H2,1-2H3/t15-/m0/s1. The second kappa shape index (κ2) is 6.32. The number of likely N-dealkylation sites (tertiary alicyclic amines) is 1. The molecule has 3 heteroatoms. The van der Waals surface area contributed by atoms with E-state index in [0.717, 1.165) is 6.54 Å². The predicted octanol–water partition coefficient (Wildman–Crippen LogP) is 1.71. The summed E-state index contributed by atoms with van der Waals surface area (Å²) in [6.07, 6.45) is 2.52. The van der Waals surface area contributed by atoms with E-state index < -0.39 is 0 Å². The Bertz CT molecular complexity index is 344. The topological polar surface area (TPSA) is 32.5 Å². The monoisotopic (exact) mass is 247 g/mol. The van der Waals surface area contributed by atoms with E-state index in [1.165, 1.54) is 31.5 Å². The third kappa shape index (κ3) is 3.55. The lowest BCUT2D eigenvalue weighted by Gasteiger charge is -2.36. The van der Waals surface area contributed by atoms with Gasteiger partial charge in [-0.1, -0.05) is 30.3 Å². The molecule has 100 valence electrons. The van der Waals surface area contributed by atoms with Crippen LogP contribution in [0.1, 0.15) is 24.4 Å². The predicted molar refractivity (Wildman–Crippen MR) is 76.5 cm³/mol. The van der Waals surface area contributed by atoms with Crippen LogP contribution < -0.4 is 5.73 Å².